The molecule has 6 nitrogen and oxygen atoms in total. The summed E-state index contributed by atoms with van der Waals surface area (Å²) in [5, 5.41) is 11.7. The third-order valence-corrected chi connectivity index (χ3v) is 3.11. The van der Waals surface area contributed by atoms with E-state index in [0.717, 1.165) is 18.1 Å². The average molecular weight is 281 g/mol. The van der Waals surface area contributed by atoms with E-state index in [0.29, 0.717) is 17.4 Å². The maximum absolute atomic E-state index is 12.4. The van der Waals surface area contributed by atoms with Crippen LogP contribution in [0.4, 0.5) is 5.82 Å². The molecule has 2 heterocycles. The highest BCUT2D eigenvalue weighted by Crippen LogP contribution is 2.07. The van der Waals surface area contributed by atoms with Crippen LogP contribution in [0.5, 0.6) is 0 Å². The van der Waals surface area contributed by atoms with Crippen LogP contribution in [0, 0.1) is 0 Å². The number of anilines is 1. The Balaban J connectivity index is 1.96. The quantitative estimate of drug-likeness (QED) is 0.787. The minimum Gasteiger partial charge on any atom is -0.370 e. The number of hydrogen-bond acceptors (Lipinski definition) is 5. The van der Waals surface area contributed by atoms with Crippen LogP contribution in [0.15, 0.2) is 47.3 Å². The molecule has 1 N–H and O–H groups in total. The van der Waals surface area contributed by atoms with Crippen LogP contribution in [0.1, 0.15) is 12.6 Å². The molecule has 0 bridgehead atoms. The highest BCUT2D eigenvalue weighted by atomic mass is 16.1. The van der Waals surface area contributed by atoms with Gasteiger partial charge in [0.2, 0.25) is 0 Å². The minimum atomic E-state index is -0.156. The summed E-state index contributed by atoms with van der Waals surface area (Å²) in [7, 11) is 0. The maximum atomic E-state index is 12.4. The molecule has 3 aromatic rings. The summed E-state index contributed by atoms with van der Waals surface area (Å²) in [4.78, 5) is 16.8. The van der Waals surface area contributed by atoms with Gasteiger partial charge in [0.05, 0.1) is 17.6 Å². The first-order valence-electron chi connectivity index (χ1n) is 6.80. The number of hydrogen-bond donors (Lipinski definition) is 1. The molecule has 0 saturated carbocycles. The molecule has 6 heteroatoms. The molecule has 0 aliphatic heterocycles. The van der Waals surface area contributed by atoms with Crippen LogP contribution in [-0.4, -0.2) is 26.5 Å². The van der Waals surface area contributed by atoms with E-state index in [9.17, 15) is 4.79 Å². The molecule has 0 saturated heterocycles. The Morgan fingerprint density at radius 1 is 1.14 bits per heavy atom. The van der Waals surface area contributed by atoms with Crippen LogP contribution in [0.3, 0.4) is 0 Å². The summed E-state index contributed by atoms with van der Waals surface area (Å²) in [5.74, 6) is 0.789. The number of rotatable bonds is 4. The topological polar surface area (TPSA) is 72.7 Å². The Morgan fingerprint density at radius 3 is 2.86 bits per heavy atom. The summed E-state index contributed by atoms with van der Waals surface area (Å²) in [6.07, 6.45) is 0. The van der Waals surface area contributed by atoms with Crippen molar-refractivity contribution >= 4 is 16.7 Å². The third kappa shape index (κ3) is 2.74. The summed E-state index contributed by atoms with van der Waals surface area (Å²) in [6, 6.07) is 12.8. The molecule has 3 rings (SSSR count). The molecular formula is C15H15N5O. The largest absolute Gasteiger partial charge is 0.370 e. The molecule has 0 atom stereocenters. The van der Waals surface area contributed by atoms with Crippen molar-refractivity contribution in [1.82, 2.24) is 20.0 Å². The predicted octanol–water partition coefficient (Wildman–Crippen LogP) is 1.67. The zero-order valence-electron chi connectivity index (χ0n) is 11.7. The van der Waals surface area contributed by atoms with Crippen molar-refractivity contribution in [3.05, 3.63) is 58.5 Å². The fourth-order valence-electron chi connectivity index (χ4n) is 2.13. The Kier molecular flexibility index (Phi) is 3.59. The standard InChI is InChI=1S/C15H15N5O/c1-2-16-14-9-5-6-11(17-14)10-20-15(21)12-7-3-4-8-13(12)18-19-20/h3-9H,2,10H2,1H3,(H,16,17). The maximum Gasteiger partial charge on any atom is 0.277 e. The molecule has 0 spiro atoms. The first kappa shape index (κ1) is 13.2. The zero-order chi connectivity index (χ0) is 14.7. The summed E-state index contributed by atoms with van der Waals surface area (Å²) in [6.45, 7) is 3.11. The summed E-state index contributed by atoms with van der Waals surface area (Å²) >= 11 is 0. The fraction of sp³-hybridized carbons (Fsp3) is 0.200. The van der Waals surface area contributed by atoms with Crippen molar-refractivity contribution in [1.29, 1.82) is 0 Å². The van der Waals surface area contributed by atoms with Gasteiger partial charge in [-0.15, -0.1) is 5.10 Å². The van der Waals surface area contributed by atoms with Gasteiger partial charge >= 0.3 is 0 Å². The highest BCUT2D eigenvalue weighted by molar-refractivity contribution is 5.76. The van der Waals surface area contributed by atoms with Crippen LogP contribution in [-0.2, 0) is 6.54 Å². The van der Waals surface area contributed by atoms with Crippen molar-refractivity contribution in [3.8, 4) is 0 Å². The van der Waals surface area contributed by atoms with E-state index in [2.05, 4.69) is 20.6 Å². The molecule has 0 unspecified atom stereocenters. The normalized spacial score (nSPS) is 10.7. The van der Waals surface area contributed by atoms with E-state index in [1.165, 1.54) is 4.68 Å². The van der Waals surface area contributed by atoms with E-state index < -0.39 is 0 Å². The SMILES string of the molecule is CCNc1cccc(Cn2nnc3ccccc3c2=O)n1. The Bertz CT molecular complexity index is 827. The van der Waals surface area contributed by atoms with Crippen LogP contribution in [0.2, 0.25) is 0 Å². The molecule has 0 radical (unpaired) electrons. The molecule has 2 aromatic heterocycles. The van der Waals surface area contributed by atoms with E-state index in [1.807, 2.05) is 37.3 Å². The molecule has 0 amide bonds. The van der Waals surface area contributed by atoms with Crippen LogP contribution < -0.4 is 10.9 Å². The van der Waals surface area contributed by atoms with Gasteiger partial charge < -0.3 is 5.32 Å². The second-order valence-electron chi connectivity index (χ2n) is 4.61. The van der Waals surface area contributed by atoms with Gasteiger partial charge in [0.15, 0.2) is 0 Å². The molecule has 0 aliphatic carbocycles. The van der Waals surface area contributed by atoms with Gasteiger partial charge in [0, 0.05) is 6.54 Å². The smallest absolute Gasteiger partial charge is 0.277 e. The van der Waals surface area contributed by atoms with Gasteiger partial charge in [-0.1, -0.05) is 23.4 Å². The molecule has 21 heavy (non-hydrogen) atoms. The summed E-state index contributed by atoms with van der Waals surface area (Å²) in [5.41, 5.74) is 1.21. The lowest BCUT2D eigenvalue weighted by Crippen LogP contribution is -2.25. The summed E-state index contributed by atoms with van der Waals surface area (Å²) < 4.78 is 1.33. The van der Waals surface area contributed by atoms with Gasteiger partial charge in [-0.2, -0.15) is 0 Å². The van der Waals surface area contributed by atoms with Crippen LogP contribution >= 0.6 is 0 Å². The van der Waals surface area contributed by atoms with Gasteiger partial charge in [-0.05, 0) is 31.2 Å². The van der Waals surface area contributed by atoms with Crippen molar-refractivity contribution in [2.24, 2.45) is 0 Å². The monoisotopic (exact) mass is 281 g/mol. The molecule has 0 fully saturated rings. The lowest BCUT2D eigenvalue weighted by atomic mass is 10.2. The van der Waals surface area contributed by atoms with Crippen molar-refractivity contribution in [2.45, 2.75) is 13.5 Å². The zero-order valence-corrected chi connectivity index (χ0v) is 11.7. The first-order chi connectivity index (χ1) is 10.3. The van der Waals surface area contributed by atoms with Gasteiger partial charge in [0.1, 0.15) is 11.3 Å². The van der Waals surface area contributed by atoms with Gasteiger partial charge in [0.25, 0.3) is 5.56 Å². The molecule has 1 aromatic carbocycles. The van der Waals surface area contributed by atoms with E-state index >= 15 is 0 Å². The lowest BCUT2D eigenvalue weighted by Gasteiger charge is -2.07. The number of benzene rings is 1. The van der Waals surface area contributed by atoms with E-state index in [1.54, 1.807) is 12.1 Å². The number of aromatic nitrogens is 4. The number of nitrogens with one attached hydrogen (secondary N) is 1. The predicted molar refractivity (Wildman–Crippen MR) is 81.3 cm³/mol. The van der Waals surface area contributed by atoms with Crippen LogP contribution in [0.25, 0.3) is 10.9 Å². The Labute approximate surface area is 121 Å². The fourth-order valence-corrected chi connectivity index (χ4v) is 2.13. The van der Waals surface area contributed by atoms with E-state index in [4.69, 9.17) is 0 Å². The highest BCUT2D eigenvalue weighted by Gasteiger charge is 2.06. The average Bonchev–Trinajstić information content (AvgIpc) is 2.51. The first-order valence-corrected chi connectivity index (χ1v) is 6.80. The molecule has 0 aliphatic rings. The van der Waals surface area contributed by atoms with Crippen molar-refractivity contribution in [2.75, 3.05) is 11.9 Å². The molecule has 106 valence electrons. The second-order valence-corrected chi connectivity index (χ2v) is 4.61. The van der Waals surface area contributed by atoms with E-state index in [-0.39, 0.29) is 5.56 Å². The number of fused-ring (bicyclic) bond motifs is 1. The van der Waals surface area contributed by atoms with Crippen molar-refractivity contribution in [3.63, 3.8) is 0 Å². The van der Waals surface area contributed by atoms with Crippen molar-refractivity contribution < 1.29 is 0 Å². The Morgan fingerprint density at radius 2 is 2.00 bits per heavy atom. The lowest BCUT2D eigenvalue weighted by molar-refractivity contribution is 0.592. The third-order valence-electron chi connectivity index (χ3n) is 3.11. The second kappa shape index (κ2) is 5.70. The van der Waals surface area contributed by atoms with Gasteiger partial charge in [-0.3, -0.25) is 4.79 Å². The number of pyridine rings is 1. The minimum absolute atomic E-state index is 0.156. The Hall–Kier alpha value is -2.76. The van der Waals surface area contributed by atoms with Gasteiger partial charge in [-0.25, -0.2) is 9.67 Å². The molecular weight excluding hydrogens is 266 g/mol. The number of nitrogens with zero attached hydrogens (tertiary/aromatic N) is 4.